The molecule has 6 heteroatoms. The van der Waals surface area contributed by atoms with Gasteiger partial charge in [0.05, 0.1) is 25.4 Å². The van der Waals surface area contributed by atoms with Crippen molar-refractivity contribution in [2.75, 3.05) is 13.2 Å². The van der Waals surface area contributed by atoms with Gasteiger partial charge in [-0.1, -0.05) is 276 Å². The highest BCUT2D eigenvalue weighted by atomic mass is 16.5. The molecule has 6 nitrogen and oxygen atoms in total. The normalized spacial score (nSPS) is 12.6. The molecule has 0 spiro atoms. The lowest BCUT2D eigenvalue weighted by atomic mass is 10.0. The Balaban J connectivity index is 3.47. The van der Waals surface area contributed by atoms with E-state index in [4.69, 9.17) is 4.74 Å². The van der Waals surface area contributed by atoms with Crippen molar-refractivity contribution >= 4 is 11.9 Å². The molecule has 0 aromatic rings. The van der Waals surface area contributed by atoms with Crippen molar-refractivity contribution in [3.63, 3.8) is 0 Å². The third-order valence-electron chi connectivity index (χ3n) is 14.1. The molecule has 0 radical (unpaired) electrons. The molecule has 0 aromatic carbocycles. The Morgan fingerprint density at radius 3 is 1.08 bits per heavy atom. The predicted octanol–water partition coefficient (Wildman–Crippen LogP) is 18.5. The summed E-state index contributed by atoms with van der Waals surface area (Å²) in [5.74, 6) is -0.0755. The summed E-state index contributed by atoms with van der Waals surface area (Å²) >= 11 is 0. The zero-order valence-corrected chi connectivity index (χ0v) is 44.7. The number of ether oxygens (including phenoxy) is 1. The molecule has 0 aliphatic carbocycles. The van der Waals surface area contributed by atoms with E-state index in [1.807, 2.05) is 0 Å². The number of aliphatic hydroxyl groups excluding tert-OH is 2. The molecule has 392 valence electrons. The molecule has 0 rings (SSSR count). The summed E-state index contributed by atoms with van der Waals surface area (Å²) in [4.78, 5) is 24.6. The van der Waals surface area contributed by atoms with Crippen LogP contribution in [0.4, 0.5) is 0 Å². The monoisotopic (exact) mass is 932 g/mol. The average Bonchev–Trinajstić information content (AvgIpc) is 3.32. The van der Waals surface area contributed by atoms with Crippen LogP contribution in [0, 0.1) is 0 Å². The first kappa shape index (κ1) is 64.6. The maximum atomic E-state index is 12.5. The van der Waals surface area contributed by atoms with E-state index in [-0.39, 0.29) is 18.5 Å². The minimum absolute atomic E-state index is 0.0187. The fourth-order valence-electron chi connectivity index (χ4n) is 9.46. The van der Waals surface area contributed by atoms with Crippen LogP contribution < -0.4 is 5.32 Å². The molecule has 0 aliphatic rings. The molecule has 0 saturated carbocycles. The zero-order valence-electron chi connectivity index (χ0n) is 44.7. The van der Waals surface area contributed by atoms with Gasteiger partial charge in [-0.3, -0.25) is 9.59 Å². The van der Waals surface area contributed by atoms with Gasteiger partial charge in [0, 0.05) is 12.8 Å². The van der Waals surface area contributed by atoms with Crippen molar-refractivity contribution in [2.45, 2.75) is 347 Å². The number of rotatable bonds is 56. The van der Waals surface area contributed by atoms with Crippen LogP contribution in [0.15, 0.2) is 12.2 Å². The highest BCUT2D eigenvalue weighted by Gasteiger charge is 2.20. The number of hydrogen-bond acceptors (Lipinski definition) is 5. The maximum absolute atomic E-state index is 12.5. The Bertz CT molecular complexity index is 986. The second-order valence-corrected chi connectivity index (χ2v) is 20.7. The SMILES string of the molecule is CCCCCCCCCCCCCCCCCCCCCCCCC(O)C(CO)NC(=O)CCCCCCC/C=C\CCCCCOC(=O)CCCCCCCCCCCCCCCCC. The number of nitrogens with one attached hydrogen (secondary N) is 1. The largest absolute Gasteiger partial charge is 0.466 e. The van der Waals surface area contributed by atoms with Crippen molar-refractivity contribution < 1.29 is 24.5 Å². The summed E-state index contributed by atoms with van der Waals surface area (Å²) < 4.78 is 5.46. The Labute approximate surface area is 412 Å². The van der Waals surface area contributed by atoms with E-state index in [0.29, 0.717) is 25.9 Å². The number of aliphatic hydroxyl groups is 2. The minimum Gasteiger partial charge on any atom is -0.466 e. The summed E-state index contributed by atoms with van der Waals surface area (Å²) in [5, 5.41) is 23.3. The van der Waals surface area contributed by atoms with Gasteiger partial charge in [-0.2, -0.15) is 0 Å². The maximum Gasteiger partial charge on any atom is 0.305 e. The predicted molar refractivity (Wildman–Crippen MR) is 287 cm³/mol. The Hall–Kier alpha value is -1.40. The van der Waals surface area contributed by atoms with E-state index in [1.54, 1.807) is 0 Å². The quantitative estimate of drug-likeness (QED) is 0.0321. The first-order valence-electron chi connectivity index (χ1n) is 29.9. The molecular formula is C60H117NO5. The van der Waals surface area contributed by atoms with Crippen molar-refractivity contribution in [1.29, 1.82) is 0 Å². The molecule has 1 amide bonds. The van der Waals surface area contributed by atoms with Gasteiger partial charge in [-0.15, -0.1) is 0 Å². The number of carbonyl (C=O) groups excluding carboxylic acids is 2. The molecule has 66 heavy (non-hydrogen) atoms. The van der Waals surface area contributed by atoms with Gasteiger partial charge in [-0.25, -0.2) is 0 Å². The highest BCUT2D eigenvalue weighted by molar-refractivity contribution is 5.76. The number of allylic oxidation sites excluding steroid dienone is 2. The Morgan fingerprint density at radius 1 is 0.409 bits per heavy atom. The fraction of sp³-hybridized carbons (Fsp3) is 0.933. The topological polar surface area (TPSA) is 95.9 Å². The molecule has 2 atom stereocenters. The van der Waals surface area contributed by atoms with E-state index in [9.17, 15) is 19.8 Å². The molecule has 0 heterocycles. The van der Waals surface area contributed by atoms with E-state index in [1.165, 1.54) is 225 Å². The lowest BCUT2D eigenvalue weighted by Crippen LogP contribution is -2.45. The van der Waals surface area contributed by atoms with Crippen molar-refractivity contribution in [3.05, 3.63) is 12.2 Å². The standard InChI is InChI=1S/C60H117NO5/c1-3-5-7-9-11-13-15-17-19-20-21-22-23-24-25-27-28-32-36-40-44-48-52-58(63)57(56-62)61-59(64)53-49-45-41-37-33-30-31-35-39-43-47-51-55-66-60(65)54-50-46-42-38-34-29-26-18-16-14-12-10-8-6-4-2/h31,35,57-58,62-63H,3-30,32-34,36-56H2,1-2H3,(H,61,64)/b35-31-. The Morgan fingerprint density at radius 2 is 0.712 bits per heavy atom. The van der Waals surface area contributed by atoms with Gasteiger partial charge in [0.2, 0.25) is 5.91 Å². The van der Waals surface area contributed by atoms with Gasteiger partial charge in [0.25, 0.3) is 0 Å². The number of amides is 1. The second kappa shape index (κ2) is 56.2. The number of hydrogen-bond donors (Lipinski definition) is 3. The number of unbranched alkanes of at least 4 members (excludes halogenated alkanes) is 43. The summed E-state index contributed by atoms with van der Waals surface area (Å²) in [7, 11) is 0. The molecule has 0 aliphatic heterocycles. The van der Waals surface area contributed by atoms with Crippen LogP contribution in [0.5, 0.6) is 0 Å². The van der Waals surface area contributed by atoms with Gasteiger partial charge in [0.1, 0.15) is 0 Å². The van der Waals surface area contributed by atoms with E-state index >= 15 is 0 Å². The average molecular weight is 933 g/mol. The van der Waals surface area contributed by atoms with Crippen LogP contribution in [0.1, 0.15) is 335 Å². The summed E-state index contributed by atoms with van der Waals surface area (Å²) in [6.07, 6.45) is 66.4. The molecule has 0 aromatic heterocycles. The third-order valence-corrected chi connectivity index (χ3v) is 14.1. The van der Waals surface area contributed by atoms with E-state index in [2.05, 4.69) is 31.3 Å². The zero-order chi connectivity index (χ0) is 47.9. The van der Waals surface area contributed by atoms with Crippen molar-refractivity contribution in [1.82, 2.24) is 5.32 Å². The van der Waals surface area contributed by atoms with Crippen LogP contribution >= 0.6 is 0 Å². The van der Waals surface area contributed by atoms with Crippen LogP contribution in [-0.2, 0) is 14.3 Å². The molecular weight excluding hydrogens is 815 g/mol. The lowest BCUT2D eigenvalue weighted by Gasteiger charge is -2.22. The van der Waals surface area contributed by atoms with Crippen LogP contribution in [-0.4, -0.2) is 47.4 Å². The van der Waals surface area contributed by atoms with E-state index < -0.39 is 12.1 Å². The third kappa shape index (κ3) is 52.0. The summed E-state index contributed by atoms with van der Waals surface area (Å²) in [5.41, 5.74) is 0. The molecule has 0 bridgehead atoms. The van der Waals surface area contributed by atoms with Crippen molar-refractivity contribution in [3.8, 4) is 0 Å². The second-order valence-electron chi connectivity index (χ2n) is 20.7. The Kier molecular flexibility index (Phi) is 55.0. The van der Waals surface area contributed by atoms with E-state index in [0.717, 1.165) is 77.0 Å². The lowest BCUT2D eigenvalue weighted by molar-refractivity contribution is -0.143. The van der Waals surface area contributed by atoms with Crippen LogP contribution in [0.3, 0.4) is 0 Å². The van der Waals surface area contributed by atoms with Crippen LogP contribution in [0.25, 0.3) is 0 Å². The molecule has 2 unspecified atom stereocenters. The number of esters is 1. The highest BCUT2D eigenvalue weighted by Crippen LogP contribution is 2.18. The van der Waals surface area contributed by atoms with Gasteiger partial charge in [0.15, 0.2) is 0 Å². The molecule has 0 saturated heterocycles. The molecule has 3 N–H and O–H groups in total. The summed E-state index contributed by atoms with van der Waals surface area (Å²) in [6.45, 7) is 4.92. The minimum atomic E-state index is -0.680. The van der Waals surface area contributed by atoms with Gasteiger partial charge >= 0.3 is 5.97 Å². The van der Waals surface area contributed by atoms with Gasteiger partial charge < -0.3 is 20.3 Å². The first-order chi connectivity index (χ1) is 32.5. The van der Waals surface area contributed by atoms with Crippen LogP contribution in [0.2, 0.25) is 0 Å². The van der Waals surface area contributed by atoms with Crippen molar-refractivity contribution in [2.24, 2.45) is 0 Å². The number of carbonyl (C=O) groups is 2. The smallest absolute Gasteiger partial charge is 0.305 e. The fourth-order valence-corrected chi connectivity index (χ4v) is 9.46. The van der Waals surface area contributed by atoms with Gasteiger partial charge in [-0.05, 0) is 57.8 Å². The molecule has 0 fully saturated rings. The first-order valence-corrected chi connectivity index (χ1v) is 29.9. The summed E-state index contributed by atoms with van der Waals surface area (Å²) in [6, 6.07) is -0.560.